The van der Waals surface area contributed by atoms with Crippen molar-refractivity contribution in [2.75, 3.05) is 0 Å². The zero-order valence-corrected chi connectivity index (χ0v) is 10.9. The smallest absolute Gasteiger partial charge is 0.201 e. The van der Waals surface area contributed by atoms with Crippen LogP contribution in [0.15, 0.2) is 10.7 Å². The Kier molecular flexibility index (Phi) is 4.03. The number of carbonyl (C=O) groups is 1. The number of furan rings is 1. The Hall–Kier alpha value is -1.05. The van der Waals surface area contributed by atoms with Gasteiger partial charge in [-0.15, -0.1) is 0 Å². The average Bonchev–Trinajstić information content (AvgIpc) is 2.60. The van der Waals surface area contributed by atoms with Crippen LogP contribution in [0.5, 0.6) is 0 Å². The van der Waals surface area contributed by atoms with E-state index in [2.05, 4.69) is 13.8 Å². The molecule has 2 nitrogen and oxygen atoms in total. The van der Waals surface area contributed by atoms with E-state index < -0.39 is 0 Å². The summed E-state index contributed by atoms with van der Waals surface area (Å²) in [5.41, 5.74) is 2.48. The third kappa shape index (κ3) is 2.46. The molecule has 0 N–H and O–H groups in total. The van der Waals surface area contributed by atoms with Crippen LogP contribution in [0.1, 0.15) is 67.6 Å². The quantitative estimate of drug-likeness (QED) is 0.578. The lowest BCUT2D eigenvalue weighted by Crippen LogP contribution is -2.14. The van der Waals surface area contributed by atoms with E-state index in [1.807, 2.05) is 6.26 Å². The van der Waals surface area contributed by atoms with Crippen LogP contribution in [0.25, 0.3) is 0 Å². The standard InChI is InChI=1S/C15H22O2/c1-3-11(4-2)14(16)15-13-9-7-5-6-8-12(13)10-17-15/h10-11H,3-9H2,1-2H3. The monoisotopic (exact) mass is 234 g/mol. The Bertz CT molecular complexity index is 386. The summed E-state index contributed by atoms with van der Waals surface area (Å²) in [6.07, 6.45) is 9.42. The van der Waals surface area contributed by atoms with Crippen molar-refractivity contribution >= 4 is 5.78 Å². The minimum atomic E-state index is 0.133. The van der Waals surface area contributed by atoms with E-state index in [0.717, 1.165) is 25.7 Å². The van der Waals surface area contributed by atoms with Crippen molar-refractivity contribution in [3.8, 4) is 0 Å². The molecule has 1 heterocycles. The van der Waals surface area contributed by atoms with E-state index in [9.17, 15) is 4.79 Å². The van der Waals surface area contributed by atoms with Gasteiger partial charge in [-0.3, -0.25) is 4.79 Å². The summed E-state index contributed by atoms with van der Waals surface area (Å²) in [7, 11) is 0. The van der Waals surface area contributed by atoms with E-state index in [4.69, 9.17) is 4.42 Å². The molecule has 1 aromatic rings. The van der Waals surface area contributed by atoms with Gasteiger partial charge in [-0.2, -0.15) is 0 Å². The second-order valence-corrected chi connectivity index (χ2v) is 5.01. The van der Waals surface area contributed by atoms with Crippen molar-refractivity contribution in [3.63, 3.8) is 0 Å². The number of rotatable bonds is 4. The molecule has 0 fully saturated rings. The topological polar surface area (TPSA) is 30.2 Å². The minimum Gasteiger partial charge on any atom is -0.461 e. The van der Waals surface area contributed by atoms with Gasteiger partial charge in [-0.1, -0.05) is 20.3 Å². The van der Waals surface area contributed by atoms with Crippen molar-refractivity contribution in [2.24, 2.45) is 5.92 Å². The summed E-state index contributed by atoms with van der Waals surface area (Å²) in [6, 6.07) is 0. The minimum absolute atomic E-state index is 0.133. The summed E-state index contributed by atoms with van der Waals surface area (Å²) in [6.45, 7) is 4.15. The van der Waals surface area contributed by atoms with E-state index >= 15 is 0 Å². The third-order valence-electron chi connectivity index (χ3n) is 3.93. The van der Waals surface area contributed by atoms with Crippen LogP contribution in [-0.2, 0) is 12.8 Å². The largest absolute Gasteiger partial charge is 0.461 e. The van der Waals surface area contributed by atoms with Crippen molar-refractivity contribution in [1.29, 1.82) is 0 Å². The molecule has 0 amide bonds. The Morgan fingerprint density at radius 2 is 1.94 bits per heavy atom. The lowest BCUT2D eigenvalue weighted by molar-refractivity contribution is 0.0883. The van der Waals surface area contributed by atoms with E-state index in [0.29, 0.717) is 5.76 Å². The molecule has 94 valence electrons. The molecule has 0 saturated heterocycles. The molecule has 0 bridgehead atoms. The number of hydrogen-bond acceptors (Lipinski definition) is 2. The van der Waals surface area contributed by atoms with Crippen molar-refractivity contribution < 1.29 is 9.21 Å². The first-order valence-electron chi connectivity index (χ1n) is 6.91. The number of hydrogen-bond donors (Lipinski definition) is 0. The average molecular weight is 234 g/mol. The van der Waals surface area contributed by atoms with Gasteiger partial charge in [0.25, 0.3) is 0 Å². The highest BCUT2D eigenvalue weighted by Crippen LogP contribution is 2.28. The number of aryl methyl sites for hydroxylation is 1. The van der Waals surface area contributed by atoms with Gasteiger partial charge in [0.2, 0.25) is 5.78 Å². The molecule has 1 aliphatic carbocycles. The highest BCUT2D eigenvalue weighted by molar-refractivity contribution is 5.96. The zero-order valence-electron chi connectivity index (χ0n) is 10.9. The molecule has 1 aromatic heterocycles. The SMILES string of the molecule is CCC(CC)C(=O)c1occ2c1CCCCC2. The van der Waals surface area contributed by atoms with Crippen LogP contribution in [0.3, 0.4) is 0 Å². The molecule has 17 heavy (non-hydrogen) atoms. The zero-order chi connectivity index (χ0) is 12.3. The molecular formula is C15H22O2. The summed E-state index contributed by atoms with van der Waals surface area (Å²) in [5, 5.41) is 0. The lowest BCUT2D eigenvalue weighted by atomic mass is 9.93. The van der Waals surface area contributed by atoms with Gasteiger partial charge in [0, 0.05) is 11.5 Å². The number of carbonyl (C=O) groups excluding carboxylic acids is 1. The van der Waals surface area contributed by atoms with Crippen molar-refractivity contribution in [1.82, 2.24) is 0 Å². The van der Waals surface area contributed by atoms with E-state index in [1.54, 1.807) is 0 Å². The summed E-state index contributed by atoms with van der Waals surface area (Å²) < 4.78 is 5.57. The molecular weight excluding hydrogens is 212 g/mol. The van der Waals surface area contributed by atoms with Gasteiger partial charge < -0.3 is 4.42 Å². The first-order chi connectivity index (χ1) is 8.27. The second kappa shape index (κ2) is 5.52. The highest BCUT2D eigenvalue weighted by Gasteiger charge is 2.25. The summed E-state index contributed by atoms with van der Waals surface area (Å²) in [5.74, 6) is 1.02. The maximum Gasteiger partial charge on any atom is 0.201 e. The summed E-state index contributed by atoms with van der Waals surface area (Å²) in [4.78, 5) is 12.4. The highest BCUT2D eigenvalue weighted by atomic mass is 16.3. The van der Waals surface area contributed by atoms with Gasteiger partial charge in [-0.25, -0.2) is 0 Å². The normalized spacial score (nSPS) is 15.7. The van der Waals surface area contributed by atoms with E-state index in [1.165, 1.54) is 30.4 Å². The van der Waals surface area contributed by atoms with Crippen LogP contribution in [-0.4, -0.2) is 5.78 Å². The number of fused-ring (bicyclic) bond motifs is 1. The first-order valence-corrected chi connectivity index (χ1v) is 6.91. The molecule has 2 heteroatoms. The predicted octanol–water partition coefficient (Wildman–Crippen LogP) is 4.17. The fourth-order valence-electron chi connectivity index (χ4n) is 2.75. The summed E-state index contributed by atoms with van der Waals surface area (Å²) >= 11 is 0. The number of ketones is 1. The van der Waals surface area contributed by atoms with Gasteiger partial charge in [0.1, 0.15) is 0 Å². The Balaban J connectivity index is 2.27. The van der Waals surface area contributed by atoms with Crippen molar-refractivity contribution in [2.45, 2.75) is 58.8 Å². The van der Waals surface area contributed by atoms with Gasteiger partial charge >= 0.3 is 0 Å². The van der Waals surface area contributed by atoms with Crippen molar-refractivity contribution in [3.05, 3.63) is 23.2 Å². The Morgan fingerprint density at radius 3 is 2.65 bits per heavy atom. The first kappa shape index (κ1) is 12.4. The van der Waals surface area contributed by atoms with E-state index in [-0.39, 0.29) is 11.7 Å². The third-order valence-corrected chi connectivity index (χ3v) is 3.93. The molecule has 2 rings (SSSR count). The maximum absolute atomic E-state index is 12.4. The Morgan fingerprint density at radius 1 is 1.24 bits per heavy atom. The van der Waals surface area contributed by atoms with Crippen LogP contribution < -0.4 is 0 Å². The predicted molar refractivity (Wildman–Crippen MR) is 68.4 cm³/mol. The Labute approximate surface area is 103 Å². The van der Waals surface area contributed by atoms with Gasteiger partial charge in [0.15, 0.2) is 5.76 Å². The molecule has 0 atom stereocenters. The van der Waals surface area contributed by atoms with Crippen LogP contribution in [0, 0.1) is 5.92 Å². The number of Topliss-reactive ketones (excluding diaryl/α,β-unsaturated/α-hetero) is 1. The fourth-order valence-corrected chi connectivity index (χ4v) is 2.75. The van der Waals surface area contributed by atoms with Crippen LogP contribution >= 0.6 is 0 Å². The molecule has 0 saturated carbocycles. The molecule has 1 aliphatic rings. The molecule has 0 aromatic carbocycles. The molecule has 0 aliphatic heterocycles. The molecule has 0 spiro atoms. The van der Waals surface area contributed by atoms with Gasteiger partial charge in [0.05, 0.1) is 6.26 Å². The fraction of sp³-hybridized carbons (Fsp3) is 0.667. The second-order valence-electron chi connectivity index (χ2n) is 5.01. The molecule has 0 radical (unpaired) electrons. The van der Waals surface area contributed by atoms with Crippen LogP contribution in [0.2, 0.25) is 0 Å². The lowest BCUT2D eigenvalue weighted by Gasteiger charge is -2.10. The van der Waals surface area contributed by atoms with Crippen LogP contribution in [0.4, 0.5) is 0 Å². The maximum atomic E-state index is 12.4. The van der Waals surface area contributed by atoms with Gasteiger partial charge in [-0.05, 0) is 44.1 Å². The molecule has 0 unspecified atom stereocenters.